The standard InChI is InChI=1S/C8H12O3/c1-6(9)11-8-4-2-7(10)3-5-8/h2,4,7-8,10H,3,5H2,1H3. The van der Waals surface area contributed by atoms with Gasteiger partial charge in [0.25, 0.3) is 0 Å². The average molecular weight is 156 g/mol. The molecule has 1 aliphatic carbocycles. The molecule has 2 unspecified atom stereocenters. The summed E-state index contributed by atoms with van der Waals surface area (Å²) >= 11 is 0. The van der Waals surface area contributed by atoms with Crippen molar-refractivity contribution < 1.29 is 14.6 Å². The van der Waals surface area contributed by atoms with Gasteiger partial charge in [0.15, 0.2) is 0 Å². The van der Waals surface area contributed by atoms with Gasteiger partial charge in [-0.15, -0.1) is 0 Å². The maximum Gasteiger partial charge on any atom is 0.303 e. The molecule has 0 aromatic heterocycles. The van der Waals surface area contributed by atoms with Crippen LogP contribution in [-0.4, -0.2) is 23.3 Å². The second-order valence-electron chi connectivity index (χ2n) is 2.68. The first-order valence-corrected chi connectivity index (χ1v) is 3.72. The molecule has 0 bridgehead atoms. The largest absolute Gasteiger partial charge is 0.458 e. The topological polar surface area (TPSA) is 46.5 Å². The smallest absolute Gasteiger partial charge is 0.303 e. The van der Waals surface area contributed by atoms with E-state index in [1.54, 1.807) is 12.2 Å². The highest BCUT2D eigenvalue weighted by Gasteiger charge is 2.15. The lowest BCUT2D eigenvalue weighted by molar-refractivity contribution is -0.144. The number of carbonyl (C=O) groups is 1. The van der Waals surface area contributed by atoms with Crippen LogP contribution in [0.2, 0.25) is 0 Å². The third-order valence-corrected chi connectivity index (χ3v) is 1.61. The molecule has 11 heavy (non-hydrogen) atoms. The zero-order chi connectivity index (χ0) is 8.27. The van der Waals surface area contributed by atoms with Crippen LogP contribution < -0.4 is 0 Å². The number of hydrogen-bond donors (Lipinski definition) is 1. The summed E-state index contributed by atoms with van der Waals surface area (Å²) in [5.41, 5.74) is 0. The molecule has 0 aromatic carbocycles. The highest BCUT2D eigenvalue weighted by Crippen LogP contribution is 2.13. The van der Waals surface area contributed by atoms with Crippen LogP contribution in [0.5, 0.6) is 0 Å². The monoisotopic (exact) mass is 156 g/mol. The Morgan fingerprint density at radius 1 is 1.55 bits per heavy atom. The summed E-state index contributed by atoms with van der Waals surface area (Å²) in [7, 11) is 0. The summed E-state index contributed by atoms with van der Waals surface area (Å²) in [6, 6.07) is 0. The van der Waals surface area contributed by atoms with E-state index in [0.29, 0.717) is 6.42 Å². The van der Waals surface area contributed by atoms with E-state index >= 15 is 0 Å². The van der Waals surface area contributed by atoms with Gasteiger partial charge in [-0.1, -0.05) is 6.08 Å². The van der Waals surface area contributed by atoms with Crippen LogP contribution in [0.15, 0.2) is 12.2 Å². The van der Waals surface area contributed by atoms with Crippen molar-refractivity contribution in [2.75, 3.05) is 0 Å². The fourth-order valence-corrected chi connectivity index (χ4v) is 1.09. The van der Waals surface area contributed by atoms with Crippen molar-refractivity contribution in [2.45, 2.75) is 32.0 Å². The van der Waals surface area contributed by atoms with Gasteiger partial charge in [-0.2, -0.15) is 0 Å². The fraction of sp³-hybridized carbons (Fsp3) is 0.625. The highest BCUT2D eigenvalue weighted by molar-refractivity contribution is 5.66. The highest BCUT2D eigenvalue weighted by atomic mass is 16.5. The van der Waals surface area contributed by atoms with Gasteiger partial charge in [-0.05, 0) is 18.9 Å². The number of rotatable bonds is 1. The van der Waals surface area contributed by atoms with Gasteiger partial charge in [0.1, 0.15) is 6.10 Å². The average Bonchev–Trinajstić information content (AvgIpc) is 1.93. The fourth-order valence-electron chi connectivity index (χ4n) is 1.09. The number of aliphatic hydroxyl groups is 1. The Bertz CT molecular complexity index is 174. The van der Waals surface area contributed by atoms with Crippen molar-refractivity contribution in [3.8, 4) is 0 Å². The normalized spacial score (nSPS) is 30.0. The Balaban J connectivity index is 2.38. The minimum absolute atomic E-state index is 0.129. The predicted molar refractivity (Wildman–Crippen MR) is 39.9 cm³/mol. The molecule has 1 N–H and O–H groups in total. The number of esters is 1. The Kier molecular flexibility index (Phi) is 2.65. The molecule has 0 heterocycles. The molecule has 2 atom stereocenters. The van der Waals surface area contributed by atoms with Crippen LogP contribution in [0.1, 0.15) is 19.8 Å². The van der Waals surface area contributed by atoms with E-state index in [1.165, 1.54) is 6.92 Å². The first kappa shape index (κ1) is 8.27. The van der Waals surface area contributed by atoms with Crippen molar-refractivity contribution in [3.63, 3.8) is 0 Å². The lowest BCUT2D eigenvalue weighted by Gasteiger charge is -2.18. The van der Waals surface area contributed by atoms with Gasteiger partial charge >= 0.3 is 5.97 Å². The van der Waals surface area contributed by atoms with E-state index in [0.717, 1.165) is 6.42 Å². The van der Waals surface area contributed by atoms with Gasteiger partial charge in [0.2, 0.25) is 0 Å². The van der Waals surface area contributed by atoms with Crippen molar-refractivity contribution >= 4 is 5.97 Å². The van der Waals surface area contributed by atoms with E-state index in [-0.39, 0.29) is 18.2 Å². The first-order valence-electron chi connectivity index (χ1n) is 3.72. The van der Waals surface area contributed by atoms with Crippen LogP contribution in [0.25, 0.3) is 0 Å². The number of carbonyl (C=O) groups excluding carboxylic acids is 1. The molecule has 0 fully saturated rings. The molecule has 0 spiro atoms. The second-order valence-corrected chi connectivity index (χ2v) is 2.68. The molecule has 3 nitrogen and oxygen atoms in total. The van der Waals surface area contributed by atoms with E-state index < -0.39 is 0 Å². The van der Waals surface area contributed by atoms with Crippen LogP contribution in [0, 0.1) is 0 Å². The molecule has 3 heteroatoms. The lowest BCUT2D eigenvalue weighted by Crippen LogP contribution is -2.20. The summed E-state index contributed by atoms with van der Waals surface area (Å²) in [6.45, 7) is 1.39. The molecule has 0 radical (unpaired) electrons. The lowest BCUT2D eigenvalue weighted by atomic mass is 10.0. The Morgan fingerprint density at radius 2 is 2.27 bits per heavy atom. The maximum atomic E-state index is 10.5. The van der Waals surface area contributed by atoms with Gasteiger partial charge in [-0.3, -0.25) is 4.79 Å². The van der Waals surface area contributed by atoms with Crippen molar-refractivity contribution in [2.24, 2.45) is 0 Å². The van der Waals surface area contributed by atoms with E-state index in [2.05, 4.69) is 0 Å². The zero-order valence-electron chi connectivity index (χ0n) is 6.49. The summed E-state index contributed by atoms with van der Waals surface area (Å²) in [6.07, 6.45) is 4.30. The van der Waals surface area contributed by atoms with Crippen molar-refractivity contribution in [1.82, 2.24) is 0 Å². The van der Waals surface area contributed by atoms with Crippen LogP contribution in [0.4, 0.5) is 0 Å². The number of ether oxygens (including phenoxy) is 1. The Morgan fingerprint density at radius 3 is 2.73 bits per heavy atom. The van der Waals surface area contributed by atoms with Crippen molar-refractivity contribution in [3.05, 3.63) is 12.2 Å². The molecular formula is C8H12O3. The minimum atomic E-state index is -0.359. The number of aliphatic hydroxyl groups excluding tert-OH is 1. The molecule has 0 aliphatic heterocycles. The molecule has 0 saturated heterocycles. The third kappa shape index (κ3) is 2.72. The molecule has 0 aromatic rings. The molecule has 0 amide bonds. The molecular weight excluding hydrogens is 144 g/mol. The summed E-state index contributed by atoms with van der Waals surface area (Å²) in [5.74, 6) is -0.268. The van der Waals surface area contributed by atoms with Crippen LogP contribution >= 0.6 is 0 Å². The van der Waals surface area contributed by atoms with E-state index in [1.807, 2.05) is 0 Å². The van der Waals surface area contributed by atoms with Crippen LogP contribution in [-0.2, 0) is 9.53 Å². The quantitative estimate of drug-likeness (QED) is 0.447. The van der Waals surface area contributed by atoms with Gasteiger partial charge in [0, 0.05) is 6.92 Å². The SMILES string of the molecule is CC(=O)OC1C=CC(O)CC1. The summed E-state index contributed by atoms with van der Waals surface area (Å²) in [4.78, 5) is 10.5. The zero-order valence-corrected chi connectivity index (χ0v) is 6.49. The van der Waals surface area contributed by atoms with Gasteiger partial charge in [0.05, 0.1) is 6.10 Å². The van der Waals surface area contributed by atoms with Crippen LogP contribution in [0.3, 0.4) is 0 Å². The van der Waals surface area contributed by atoms with E-state index in [4.69, 9.17) is 9.84 Å². The Labute approximate surface area is 65.7 Å². The maximum absolute atomic E-state index is 10.5. The molecule has 62 valence electrons. The molecule has 1 rings (SSSR count). The third-order valence-electron chi connectivity index (χ3n) is 1.61. The molecule has 0 saturated carbocycles. The Hall–Kier alpha value is -0.830. The second kappa shape index (κ2) is 3.53. The van der Waals surface area contributed by atoms with Gasteiger partial charge < -0.3 is 9.84 Å². The number of hydrogen-bond acceptors (Lipinski definition) is 3. The van der Waals surface area contributed by atoms with E-state index in [9.17, 15) is 4.79 Å². The minimum Gasteiger partial charge on any atom is -0.458 e. The predicted octanol–water partition coefficient (Wildman–Crippen LogP) is 0.629. The summed E-state index contributed by atoms with van der Waals surface area (Å²) < 4.78 is 4.90. The van der Waals surface area contributed by atoms with Crippen molar-refractivity contribution in [1.29, 1.82) is 0 Å². The summed E-state index contributed by atoms with van der Waals surface area (Å²) in [5, 5.41) is 9.03. The molecule has 1 aliphatic rings. The first-order chi connectivity index (χ1) is 5.18. The van der Waals surface area contributed by atoms with Gasteiger partial charge in [-0.25, -0.2) is 0 Å².